The van der Waals surface area contributed by atoms with Gasteiger partial charge in [-0.15, -0.1) is 0 Å². The van der Waals surface area contributed by atoms with Crippen LogP contribution in [0.1, 0.15) is 25.7 Å². The Morgan fingerprint density at radius 1 is 1.05 bits per heavy atom. The van der Waals surface area contributed by atoms with Crippen LogP contribution in [-0.4, -0.2) is 23.3 Å². The van der Waals surface area contributed by atoms with E-state index in [2.05, 4.69) is 10.6 Å². The zero-order valence-electron chi connectivity index (χ0n) is 11.9. The predicted molar refractivity (Wildman–Crippen MR) is 84.4 cm³/mol. The molecule has 4 nitrogen and oxygen atoms in total. The Hall–Kier alpha value is -2.07. The molecule has 3 rings (SSSR count). The van der Waals surface area contributed by atoms with E-state index < -0.39 is 6.10 Å². The summed E-state index contributed by atoms with van der Waals surface area (Å²) in [4.78, 5) is 12.1. The average molecular weight is 284 g/mol. The second-order valence-electron chi connectivity index (χ2n) is 5.58. The molecule has 0 spiro atoms. The van der Waals surface area contributed by atoms with Crippen molar-refractivity contribution >= 4 is 22.5 Å². The number of carbonyl (C=O) groups excluding carboxylic acids is 1. The fourth-order valence-electron chi connectivity index (χ4n) is 2.94. The van der Waals surface area contributed by atoms with E-state index in [1.165, 1.54) is 0 Å². The molecular formula is C17H20N2O2. The SMILES string of the molecule is O=C(Nc1cccc2ccccc12)N[C@@H]1CCCC[C@@H]1O. The summed E-state index contributed by atoms with van der Waals surface area (Å²) in [6, 6.07) is 13.4. The zero-order valence-corrected chi connectivity index (χ0v) is 11.9. The van der Waals surface area contributed by atoms with Crippen molar-refractivity contribution in [3.8, 4) is 0 Å². The van der Waals surface area contributed by atoms with Gasteiger partial charge < -0.3 is 15.7 Å². The third-order valence-electron chi connectivity index (χ3n) is 4.08. The van der Waals surface area contributed by atoms with Gasteiger partial charge in [-0.1, -0.05) is 49.2 Å². The van der Waals surface area contributed by atoms with Crippen LogP contribution in [-0.2, 0) is 0 Å². The summed E-state index contributed by atoms with van der Waals surface area (Å²) in [7, 11) is 0. The molecule has 0 aromatic heterocycles. The lowest BCUT2D eigenvalue weighted by atomic mass is 9.93. The first-order chi connectivity index (χ1) is 10.2. The lowest BCUT2D eigenvalue weighted by Crippen LogP contribution is -2.46. The van der Waals surface area contributed by atoms with Crippen LogP contribution in [0.2, 0.25) is 0 Å². The van der Waals surface area contributed by atoms with Gasteiger partial charge in [-0.3, -0.25) is 0 Å². The smallest absolute Gasteiger partial charge is 0.319 e. The molecule has 0 bridgehead atoms. The maximum absolute atomic E-state index is 12.1. The molecule has 1 fully saturated rings. The van der Waals surface area contributed by atoms with Crippen LogP contribution in [0.3, 0.4) is 0 Å². The van der Waals surface area contributed by atoms with E-state index in [-0.39, 0.29) is 12.1 Å². The first-order valence-electron chi connectivity index (χ1n) is 7.47. The number of carbonyl (C=O) groups is 1. The van der Waals surface area contributed by atoms with Crippen molar-refractivity contribution in [3.63, 3.8) is 0 Å². The highest BCUT2D eigenvalue weighted by Crippen LogP contribution is 2.23. The van der Waals surface area contributed by atoms with E-state index in [0.717, 1.165) is 42.1 Å². The first kappa shape index (κ1) is 13.9. The molecule has 0 saturated heterocycles. The van der Waals surface area contributed by atoms with Crippen molar-refractivity contribution in [1.82, 2.24) is 5.32 Å². The van der Waals surface area contributed by atoms with Crippen LogP contribution in [0.5, 0.6) is 0 Å². The maximum atomic E-state index is 12.1. The molecule has 2 aromatic rings. The Kier molecular flexibility index (Phi) is 4.06. The zero-order chi connectivity index (χ0) is 14.7. The minimum atomic E-state index is -0.433. The Morgan fingerprint density at radius 3 is 2.67 bits per heavy atom. The number of urea groups is 1. The quantitative estimate of drug-likeness (QED) is 0.792. The molecule has 3 N–H and O–H groups in total. The summed E-state index contributed by atoms with van der Waals surface area (Å²) in [5, 5.41) is 17.8. The van der Waals surface area contributed by atoms with Crippen molar-refractivity contribution in [2.24, 2.45) is 0 Å². The number of amides is 2. The number of fused-ring (bicyclic) bond motifs is 1. The Bertz CT molecular complexity index is 636. The molecule has 21 heavy (non-hydrogen) atoms. The number of anilines is 1. The minimum Gasteiger partial charge on any atom is -0.391 e. The maximum Gasteiger partial charge on any atom is 0.319 e. The van der Waals surface area contributed by atoms with Crippen LogP contribution < -0.4 is 10.6 Å². The van der Waals surface area contributed by atoms with Gasteiger partial charge in [0, 0.05) is 5.39 Å². The molecule has 2 aromatic carbocycles. The largest absolute Gasteiger partial charge is 0.391 e. The van der Waals surface area contributed by atoms with Crippen molar-refractivity contribution in [1.29, 1.82) is 0 Å². The first-order valence-corrected chi connectivity index (χ1v) is 7.47. The van der Waals surface area contributed by atoms with Crippen molar-refractivity contribution < 1.29 is 9.90 Å². The molecule has 0 heterocycles. The molecule has 0 radical (unpaired) electrons. The van der Waals surface area contributed by atoms with Gasteiger partial charge >= 0.3 is 6.03 Å². The number of hydrogen-bond donors (Lipinski definition) is 3. The van der Waals surface area contributed by atoms with Gasteiger partial charge in [-0.2, -0.15) is 0 Å². The van der Waals surface area contributed by atoms with Gasteiger partial charge in [0.1, 0.15) is 0 Å². The molecule has 4 heteroatoms. The number of hydrogen-bond acceptors (Lipinski definition) is 2. The standard InChI is InChI=1S/C17H20N2O2/c20-16-11-4-3-9-15(16)19-17(21)18-14-10-5-7-12-6-1-2-8-13(12)14/h1-2,5-8,10,15-16,20H,3-4,9,11H2,(H2,18,19,21)/t15-,16+/m1/s1. The minimum absolute atomic E-state index is 0.145. The third kappa shape index (κ3) is 3.16. The fraction of sp³-hybridized carbons (Fsp3) is 0.353. The van der Waals surface area contributed by atoms with Crippen LogP contribution in [0.4, 0.5) is 10.5 Å². The lowest BCUT2D eigenvalue weighted by molar-refractivity contribution is 0.0955. The van der Waals surface area contributed by atoms with Crippen LogP contribution in [0.25, 0.3) is 10.8 Å². The number of rotatable bonds is 2. The highest BCUT2D eigenvalue weighted by Gasteiger charge is 2.24. The Labute approximate surface area is 124 Å². The van der Waals surface area contributed by atoms with E-state index in [9.17, 15) is 9.90 Å². The van der Waals surface area contributed by atoms with Gasteiger partial charge in [0.2, 0.25) is 0 Å². The highest BCUT2D eigenvalue weighted by atomic mass is 16.3. The van der Waals surface area contributed by atoms with Gasteiger partial charge in [0.25, 0.3) is 0 Å². The van der Waals surface area contributed by atoms with Crippen molar-refractivity contribution in [2.75, 3.05) is 5.32 Å². The third-order valence-corrected chi connectivity index (χ3v) is 4.08. The normalized spacial score (nSPS) is 22.0. The summed E-state index contributed by atoms with van der Waals surface area (Å²) >= 11 is 0. The van der Waals surface area contributed by atoms with Crippen molar-refractivity contribution in [2.45, 2.75) is 37.8 Å². The van der Waals surface area contributed by atoms with Crippen LogP contribution in [0.15, 0.2) is 42.5 Å². The molecule has 0 aliphatic heterocycles. The molecule has 110 valence electrons. The van der Waals surface area contributed by atoms with E-state index in [4.69, 9.17) is 0 Å². The summed E-state index contributed by atoms with van der Waals surface area (Å²) in [6.45, 7) is 0. The van der Waals surface area contributed by atoms with E-state index in [0.29, 0.717) is 0 Å². The molecule has 2 amide bonds. The van der Waals surface area contributed by atoms with Gasteiger partial charge in [-0.25, -0.2) is 4.79 Å². The second-order valence-corrected chi connectivity index (χ2v) is 5.58. The molecule has 1 aliphatic rings. The topological polar surface area (TPSA) is 61.4 Å². The van der Waals surface area contributed by atoms with Crippen LogP contribution in [0, 0.1) is 0 Å². The average Bonchev–Trinajstić information content (AvgIpc) is 2.50. The predicted octanol–water partition coefficient (Wildman–Crippen LogP) is 3.26. The number of benzene rings is 2. The van der Waals surface area contributed by atoms with E-state index in [1.807, 2.05) is 42.5 Å². The van der Waals surface area contributed by atoms with Gasteiger partial charge in [0.15, 0.2) is 0 Å². The number of aliphatic hydroxyl groups is 1. The van der Waals surface area contributed by atoms with Gasteiger partial charge in [0.05, 0.1) is 17.8 Å². The lowest BCUT2D eigenvalue weighted by Gasteiger charge is -2.28. The number of nitrogens with one attached hydrogen (secondary N) is 2. The molecule has 0 unspecified atom stereocenters. The molecular weight excluding hydrogens is 264 g/mol. The van der Waals surface area contributed by atoms with E-state index >= 15 is 0 Å². The Morgan fingerprint density at radius 2 is 1.81 bits per heavy atom. The number of aliphatic hydroxyl groups excluding tert-OH is 1. The molecule has 2 atom stereocenters. The monoisotopic (exact) mass is 284 g/mol. The molecule has 1 saturated carbocycles. The Balaban J connectivity index is 1.71. The summed E-state index contributed by atoms with van der Waals surface area (Å²) in [5.74, 6) is 0. The summed E-state index contributed by atoms with van der Waals surface area (Å²) < 4.78 is 0. The van der Waals surface area contributed by atoms with Crippen molar-refractivity contribution in [3.05, 3.63) is 42.5 Å². The van der Waals surface area contributed by atoms with E-state index in [1.54, 1.807) is 0 Å². The highest BCUT2D eigenvalue weighted by molar-refractivity contribution is 6.01. The second kappa shape index (κ2) is 6.14. The van der Waals surface area contributed by atoms with Gasteiger partial charge in [-0.05, 0) is 24.3 Å². The van der Waals surface area contributed by atoms with Crippen LogP contribution >= 0.6 is 0 Å². The molecule has 1 aliphatic carbocycles. The summed E-state index contributed by atoms with van der Waals surface area (Å²) in [6.07, 6.45) is 3.25. The summed E-state index contributed by atoms with van der Waals surface area (Å²) in [5.41, 5.74) is 0.788. The fourth-order valence-corrected chi connectivity index (χ4v) is 2.94.